The first-order valence-electron chi connectivity index (χ1n) is 5.70. The minimum Gasteiger partial charge on any atom is -0.306 e. The van der Waals surface area contributed by atoms with Gasteiger partial charge in [0.05, 0.1) is 5.01 Å². The fourth-order valence-electron chi connectivity index (χ4n) is 1.44. The second kappa shape index (κ2) is 4.98. The number of nitrogens with one attached hydrogen (secondary N) is 2. The summed E-state index contributed by atoms with van der Waals surface area (Å²) in [5, 5.41) is 11.4. The lowest BCUT2D eigenvalue weighted by molar-refractivity contribution is 0.585. The van der Waals surface area contributed by atoms with Gasteiger partial charge in [-0.15, -0.1) is 11.3 Å². The standard InChI is InChI=1S/C12H18N4S/c1-12(2,3)11-14-8-10(17-11)7-13-6-9-4-5-15-16-9/h4-5,8,13H,6-7H2,1-3H3,(H,15,16). The molecule has 4 nitrogen and oxygen atoms in total. The van der Waals surface area contributed by atoms with Crippen LogP contribution in [0.2, 0.25) is 0 Å². The third-order valence-electron chi connectivity index (χ3n) is 2.37. The minimum absolute atomic E-state index is 0.145. The first kappa shape index (κ1) is 12.3. The van der Waals surface area contributed by atoms with Crippen LogP contribution in [0.25, 0.3) is 0 Å². The van der Waals surface area contributed by atoms with Crippen LogP contribution in [-0.4, -0.2) is 15.2 Å². The smallest absolute Gasteiger partial charge is 0.0981 e. The van der Waals surface area contributed by atoms with Gasteiger partial charge in [0.25, 0.3) is 0 Å². The van der Waals surface area contributed by atoms with Crippen LogP contribution < -0.4 is 5.32 Å². The second-order valence-electron chi connectivity index (χ2n) is 5.07. The van der Waals surface area contributed by atoms with Crippen LogP contribution >= 0.6 is 11.3 Å². The van der Waals surface area contributed by atoms with Crippen molar-refractivity contribution >= 4 is 11.3 Å². The van der Waals surface area contributed by atoms with Crippen molar-refractivity contribution in [1.29, 1.82) is 0 Å². The number of aromatic amines is 1. The molecule has 0 unspecified atom stereocenters. The molecule has 2 aromatic heterocycles. The molecule has 0 spiro atoms. The molecular weight excluding hydrogens is 232 g/mol. The van der Waals surface area contributed by atoms with Gasteiger partial charge in [-0.2, -0.15) is 5.10 Å². The molecule has 0 saturated heterocycles. The Labute approximate surface area is 105 Å². The van der Waals surface area contributed by atoms with Crippen molar-refractivity contribution in [1.82, 2.24) is 20.5 Å². The quantitative estimate of drug-likeness (QED) is 0.876. The van der Waals surface area contributed by atoms with E-state index >= 15 is 0 Å². The maximum Gasteiger partial charge on any atom is 0.0981 e. The Bertz CT molecular complexity index is 453. The van der Waals surface area contributed by atoms with Gasteiger partial charge in [-0.3, -0.25) is 5.10 Å². The summed E-state index contributed by atoms with van der Waals surface area (Å²) in [5.41, 5.74) is 1.25. The van der Waals surface area contributed by atoms with Gasteiger partial charge < -0.3 is 5.32 Å². The Balaban J connectivity index is 1.85. The lowest BCUT2D eigenvalue weighted by Crippen LogP contribution is -2.12. The molecule has 0 aromatic carbocycles. The number of rotatable bonds is 4. The fraction of sp³-hybridized carbons (Fsp3) is 0.500. The monoisotopic (exact) mass is 250 g/mol. The van der Waals surface area contributed by atoms with E-state index in [2.05, 4.69) is 41.3 Å². The fourth-order valence-corrected chi connectivity index (χ4v) is 2.38. The van der Waals surface area contributed by atoms with E-state index in [1.165, 1.54) is 9.88 Å². The maximum atomic E-state index is 4.46. The molecule has 2 heterocycles. The topological polar surface area (TPSA) is 53.6 Å². The molecule has 5 heteroatoms. The van der Waals surface area contributed by atoms with Gasteiger partial charge in [0.2, 0.25) is 0 Å². The average Bonchev–Trinajstić information content (AvgIpc) is 2.86. The van der Waals surface area contributed by atoms with E-state index in [9.17, 15) is 0 Å². The third kappa shape index (κ3) is 3.38. The highest BCUT2D eigenvalue weighted by molar-refractivity contribution is 7.11. The molecule has 92 valence electrons. The highest BCUT2D eigenvalue weighted by Crippen LogP contribution is 2.26. The number of hydrogen-bond acceptors (Lipinski definition) is 4. The van der Waals surface area contributed by atoms with E-state index in [4.69, 9.17) is 0 Å². The maximum absolute atomic E-state index is 4.46. The van der Waals surface area contributed by atoms with Crippen LogP contribution in [0, 0.1) is 0 Å². The molecule has 0 aliphatic heterocycles. The van der Waals surface area contributed by atoms with Gasteiger partial charge in [-0.05, 0) is 6.07 Å². The number of H-pyrrole nitrogens is 1. The molecule has 2 N–H and O–H groups in total. The summed E-state index contributed by atoms with van der Waals surface area (Å²) in [6, 6.07) is 1.97. The van der Waals surface area contributed by atoms with Gasteiger partial charge in [0.1, 0.15) is 0 Å². The van der Waals surface area contributed by atoms with Crippen LogP contribution in [0.15, 0.2) is 18.5 Å². The van der Waals surface area contributed by atoms with Crippen molar-refractivity contribution in [2.75, 3.05) is 0 Å². The van der Waals surface area contributed by atoms with Crippen molar-refractivity contribution in [2.24, 2.45) is 0 Å². The lowest BCUT2D eigenvalue weighted by Gasteiger charge is -2.13. The second-order valence-corrected chi connectivity index (χ2v) is 6.18. The molecule has 0 aliphatic carbocycles. The van der Waals surface area contributed by atoms with Crippen LogP contribution in [0.4, 0.5) is 0 Å². The normalized spacial score (nSPS) is 11.9. The molecule has 0 amide bonds. The summed E-state index contributed by atoms with van der Waals surface area (Å²) < 4.78 is 0. The van der Waals surface area contributed by atoms with Gasteiger partial charge in [-0.1, -0.05) is 20.8 Å². The predicted molar refractivity (Wildman–Crippen MR) is 69.9 cm³/mol. The van der Waals surface area contributed by atoms with E-state index in [1.807, 2.05) is 12.3 Å². The number of aromatic nitrogens is 3. The van der Waals surface area contributed by atoms with E-state index in [1.54, 1.807) is 17.5 Å². The molecule has 0 radical (unpaired) electrons. The van der Waals surface area contributed by atoms with Crippen molar-refractivity contribution in [3.63, 3.8) is 0 Å². The molecule has 0 saturated carbocycles. The van der Waals surface area contributed by atoms with Gasteiger partial charge in [0.15, 0.2) is 0 Å². The Kier molecular flexibility index (Phi) is 3.59. The molecular formula is C12H18N4S. The van der Waals surface area contributed by atoms with Gasteiger partial charge in [-0.25, -0.2) is 4.98 Å². The molecule has 0 atom stereocenters. The zero-order valence-electron chi connectivity index (χ0n) is 10.4. The Morgan fingerprint density at radius 3 is 2.76 bits per heavy atom. The molecule has 0 bridgehead atoms. The summed E-state index contributed by atoms with van der Waals surface area (Å²) in [6.45, 7) is 8.23. The third-order valence-corrected chi connectivity index (χ3v) is 3.79. The molecule has 0 fully saturated rings. The Morgan fingerprint density at radius 2 is 2.18 bits per heavy atom. The molecule has 2 aromatic rings. The molecule has 0 aliphatic rings. The predicted octanol–water partition coefficient (Wildman–Crippen LogP) is 2.45. The number of hydrogen-bond donors (Lipinski definition) is 2. The molecule has 2 rings (SSSR count). The van der Waals surface area contributed by atoms with Crippen LogP contribution in [0.5, 0.6) is 0 Å². The summed E-state index contributed by atoms with van der Waals surface area (Å²) >= 11 is 1.78. The zero-order chi connectivity index (χ0) is 12.3. The lowest BCUT2D eigenvalue weighted by atomic mass is 9.98. The van der Waals surface area contributed by atoms with E-state index in [0.717, 1.165) is 18.8 Å². The first-order valence-corrected chi connectivity index (χ1v) is 6.51. The average molecular weight is 250 g/mol. The van der Waals surface area contributed by atoms with E-state index in [0.29, 0.717) is 0 Å². The SMILES string of the molecule is CC(C)(C)c1ncc(CNCc2ccn[nH]2)s1. The summed E-state index contributed by atoms with van der Waals surface area (Å²) in [5.74, 6) is 0. The van der Waals surface area contributed by atoms with Crippen molar-refractivity contribution < 1.29 is 0 Å². The number of nitrogens with zero attached hydrogens (tertiary/aromatic N) is 2. The van der Waals surface area contributed by atoms with Crippen molar-refractivity contribution in [3.8, 4) is 0 Å². The van der Waals surface area contributed by atoms with E-state index in [-0.39, 0.29) is 5.41 Å². The number of thiazole rings is 1. The minimum atomic E-state index is 0.145. The zero-order valence-corrected chi connectivity index (χ0v) is 11.3. The highest BCUT2D eigenvalue weighted by atomic mass is 32.1. The molecule has 17 heavy (non-hydrogen) atoms. The van der Waals surface area contributed by atoms with Crippen molar-refractivity contribution in [2.45, 2.75) is 39.3 Å². The summed E-state index contributed by atoms with van der Waals surface area (Å²) in [6.07, 6.45) is 3.73. The summed E-state index contributed by atoms with van der Waals surface area (Å²) in [4.78, 5) is 5.73. The summed E-state index contributed by atoms with van der Waals surface area (Å²) in [7, 11) is 0. The van der Waals surface area contributed by atoms with Crippen molar-refractivity contribution in [3.05, 3.63) is 34.0 Å². The van der Waals surface area contributed by atoms with Crippen LogP contribution in [0.3, 0.4) is 0 Å². The first-order chi connectivity index (χ1) is 8.05. The van der Waals surface area contributed by atoms with Crippen LogP contribution in [0.1, 0.15) is 36.3 Å². The Morgan fingerprint density at radius 1 is 1.35 bits per heavy atom. The van der Waals surface area contributed by atoms with Gasteiger partial charge in [0, 0.05) is 41.5 Å². The largest absolute Gasteiger partial charge is 0.306 e. The highest BCUT2D eigenvalue weighted by Gasteiger charge is 2.17. The van der Waals surface area contributed by atoms with Gasteiger partial charge >= 0.3 is 0 Å². The van der Waals surface area contributed by atoms with Crippen LogP contribution in [-0.2, 0) is 18.5 Å². The Hall–Kier alpha value is -1.20. The van der Waals surface area contributed by atoms with E-state index < -0.39 is 0 Å².